The predicted molar refractivity (Wildman–Crippen MR) is 215 cm³/mol. The molecule has 0 heterocycles. The number of ether oxygens (including phenoxy) is 7. The molecular weight excluding hydrogens is 880 g/mol. The van der Waals surface area contributed by atoms with Crippen LogP contribution >= 0.6 is 0 Å². The van der Waals surface area contributed by atoms with Crippen molar-refractivity contribution >= 4 is 35.8 Å². The Bertz CT molecular complexity index is 1230. The van der Waals surface area contributed by atoms with Crippen LogP contribution in [0.2, 0.25) is 0 Å². The van der Waals surface area contributed by atoms with Gasteiger partial charge in [-0.15, -0.1) is 0 Å². The SMILES string of the molecule is CC(CO)(CO)C(=O)OCC(COCC(COC(=O)C(C)(CO)CO)(COC(=O)C(C)(CO)CO)COC(=O)C(C)(CO)CO)(COC(=O)C(C)(CO)CO)COC(=O)C(C)(CO)CO. The highest BCUT2D eigenvalue weighted by molar-refractivity contribution is 5.79. The zero-order valence-electron chi connectivity index (χ0n) is 37.8. The minimum atomic E-state index is -2.13. The third kappa shape index (κ3) is 16.3. The zero-order valence-corrected chi connectivity index (χ0v) is 37.8. The van der Waals surface area contributed by atoms with E-state index in [2.05, 4.69) is 0 Å². The Kier molecular flexibility index (Phi) is 25.1. The number of aliphatic hydroxyl groups excluding tert-OH is 12. The van der Waals surface area contributed by atoms with Gasteiger partial charge in [0.15, 0.2) is 0 Å². The molecule has 65 heavy (non-hydrogen) atoms. The molecule has 12 N–H and O–H groups in total. The second-order valence-corrected chi connectivity index (χ2v) is 18.2. The first kappa shape index (κ1) is 61.3. The Morgan fingerprint density at radius 3 is 0.492 bits per heavy atom. The van der Waals surface area contributed by atoms with Gasteiger partial charge in [-0.1, -0.05) is 0 Å². The van der Waals surface area contributed by atoms with Crippen LogP contribution in [0.4, 0.5) is 0 Å². The summed E-state index contributed by atoms with van der Waals surface area (Å²) in [6.07, 6.45) is 0. The van der Waals surface area contributed by atoms with Gasteiger partial charge in [-0.05, 0) is 41.5 Å². The van der Waals surface area contributed by atoms with Crippen LogP contribution in [0.1, 0.15) is 41.5 Å². The van der Waals surface area contributed by atoms with E-state index in [4.69, 9.17) is 33.2 Å². The summed E-state index contributed by atoms with van der Waals surface area (Å²) in [6.45, 7) is -12.5. The number of aliphatic hydroxyl groups is 12. The number of esters is 6. The van der Waals surface area contributed by atoms with Crippen molar-refractivity contribution < 1.29 is 123 Å². The van der Waals surface area contributed by atoms with Crippen molar-refractivity contribution in [2.75, 3.05) is 132 Å². The molecule has 25 nitrogen and oxygen atoms in total. The Hall–Kier alpha value is -3.70. The zero-order chi connectivity index (χ0) is 50.6. The van der Waals surface area contributed by atoms with Crippen LogP contribution < -0.4 is 0 Å². The molecule has 380 valence electrons. The van der Waals surface area contributed by atoms with Crippen LogP contribution in [0.15, 0.2) is 0 Å². The van der Waals surface area contributed by atoms with Gasteiger partial charge >= 0.3 is 35.8 Å². The standard InChI is InChI=1S/C40H70O25/c1-33(7-41,8-42)27(53)60-21-39(22-61-28(54)34(2,9-43)10-44,23-62-29(55)35(3,11-45)12-46)19-59-20-40(24-63-30(56)36(4,13-47)14-48,25-64-31(57)37(5,15-49)16-50)26-65-32(58)38(6,17-51)18-52/h41-52H,7-26H2,1-6H3. The lowest BCUT2D eigenvalue weighted by molar-refractivity contribution is -0.189. The third-order valence-electron chi connectivity index (χ3n) is 11.0. The van der Waals surface area contributed by atoms with Gasteiger partial charge in [-0.3, -0.25) is 28.8 Å². The van der Waals surface area contributed by atoms with Gasteiger partial charge in [0.1, 0.15) is 72.1 Å². The summed E-state index contributed by atoms with van der Waals surface area (Å²) in [4.78, 5) is 79.5. The van der Waals surface area contributed by atoms with Gasteiger partial charge < -0.3 is 94.4 Å². The summed E-state index contributed by atoms with van der Waals surface area (Å²) in [5.41, 5.74) is -15.9. The van der Waals surface area contributed by atoms with Crippen molar-refractivity contribution in [2.24, 2.45) is 43.3 Å². The molecule has 0 amide bonds. The van der Waals surface area contributed by atoms with Crippen LogP contribution in [0.5, 0.6) is 0 Å². The van der Waals surface area contributed by atoms with Crippen molar-refractivity contribution in [1.82, 2.24) is 0 Å². The number of hydrogen-bond acceptors (Lipinski definition) is 25. The average molecular weight is 951 g/mol. The molecule has 0 atom stereocenters. The summed E-state index contributed by atoms with van der Waals surface area (Å²) in [6, 6.07) is 0. The second kappa shape index (κ2) is 26.6. The minimum absolute atomic E-state index is 0.918. The lowest BCUT2D eigenvalue weighted by Gasteiger charge is -2.38. The molecule has 0 rings (SSSR count). The van der Waals surface area contributed by atoms with E-state index < -0.39 is 211 Å². The first-order chi connectivity index (χ1) is 30.2. The molecule has 0 spiro atoms. The Labute approximate surface area is 375 Å². The Balaban J connectivity index is 7.85. The molecule has 0 radical (unpaired) electrons. The first-order valence-electron chi connectivity index (χ1n) is 20.1. The molecule has 0 fully saturated rings. The molecule has 0 saturated carbocycles. The van der Waals surface area contributed by atoms with Gasteiger partial charge in [-0.2, -0.15) is 0 Å². The van der Waals surface area contributed by atoms with Crippen LogP contribution in [0, 0.1) is 43.3 Å². The normalized spacial score (nSPS) is 13.2. The van der Waals surface area contributed by atoms with Gasteiger partial charge in [0.2, 0.25) is 0 Å². The lowest BCUT2D eigenvalue weighted by Crippen LogP contribution is -2.51. The monoisotopic (exact) mass is 950 g/mol. The van der Waals surface area contributed by atoms with Crippen molar-refractivity contribution in [3.8, 4) is 0 Å². The number of carbonyl (C=O) groups is 6. The van der Waals surface area contributed by atoms with Crippen LogP contribution in [0.3, 0.4) is 0 Å². The molecule has 0 bridgehead atoms. The van der Waals surface area contributed by atoms with Gasteiger partial charge in [0, 0.05) is 0 Å². The number of hydrogen-bond donors (Lipinski definition) is 12. The maximum absolute atomic E-state index is 13.2. The summed E-state index contributed by atoms with van der Waals surface area (Å²) >= 11 is 0. The Morgan fingerprint density at radius 1 is 0.262 bits per heavy atom. The molecule has 0 aromatic carbocycles. The third-order valence-corrected chi connectivity index (χ3v) is 11.0. The van der Waals surface area contributed by atoms with E-state index in [0.717, 1.165) is 41.5 Å². The van der Waals surface area contributed by atoms with E-state index in [-0.39, 0.29) is 0 Å². The summed E-state index contributed by atoms with van der Waals surface area (Å²) < 4.78 is 38.6. The molecule has 0 saturated heterocycles. The van der Waals surface area contributed by atoms with Crippen molar-refractivity contribution in [1.29, 1.82) is 0 Å². The largest absolute Gasteiger partial charge is 0.464 e. The van der Waals surface area contributed by atoms with Crippen molar-refractivity contribution in [3.63, 3.8) is 0 Å². The predicted octanol–water partition coefficient (Wildman–Crippen LogP) is -5.82. The molecule has 0 aliphatic rings. The summed E-state index contributed by atoms with van der Waals surface area (Å²) in [5, 5.41) is 118. The summed E-state index contributed by atoms with van der Waals surface area (Å²) in [5.74, 6) is -7.51. The highest BCUT2D eigenvalue weighted by atomic mass is 16.6. The average Bonchev–Trinajstić information content (AvgIpc) is 3.34. The highest BCUT2D eigenvalue weighted by Gasteiger charge is 2.47. The van der Waals surface area contributed by atoms with Crippen molar-refractivity contribution in [2.45, 2.75) is 41.5 Å². The van der Waals surface area contributed by atoms with Gasteiger partial charge in [0.25, 0.3) is 0 Å². The minimum Gasteiger partial charge on any atom is -0.464 e. The smallest absolute Gasteiger partial charge is 0.316 e. The molecule has 0 unspecified atom stereocenters. The van der Waals surface area contributed by atoms with Gasteiger partial charge in [-0.25, -0.2) is 0 Å². The van der Waals surface area contributed by atoms with Gasteiger partial charge in [0.05, 0.1) is 103 Å². The fourth-order valence-corrected chi connectivity index (χ4v) is 4.42. The lowest BCUT2D eigenvalue weighted by atomic mass is 9.88. The molecule has 0 aromatic rings. The van der Waals surface area contributed by atoms with E-state index in [9.17, 15) is 90.0 Å². The fourth-order valence-electron chi connectivity index (χ4n) is 4.42. The van der Waals surface area contributed by atoms with Crippen LogP contribution in [-0.4, -0.2) is 229 Å². The van der Waals surface area contributed by atoms with E-state index in [1.54, 1.807) is 0 Å². The number of rotatable bonds is 34. The van der Waals surface area contributed by atoms with Crippen LogP contribution in [-0.2, 0) is 61.9 Å². The first-order valence-corrected chi connectivity index (χ1v) is 20.1. The molecule has 0 aliphatic carbocycles. The fraction of sp³-hybridized carbons (Fsp3) is 0.850. The second-order valence-electron chi connectivity index (χ2n) is 18.2. The van der Waals surface area contributed by atoms with Crippen LogP contribution in [0.25, 0.3) is 0 Å². The summed E-state index contributed by atoms with van der Waals surface area (Å²) in [7, 11) is 0. The molecule has 25 heteroatoms. The number of carbonyl (C=O) groups excluding carboxylic acids is 6. The highest BCUT2D eigenvalue weighted by Crippen LogP contribution is 2.32. The van der Waals surface area contributed by atoms with E-state index in [1.165, 1.54) is 0 Å². The maximum Gasteiger partial charge on any atom is 0.316 e. The van der Waals surface area contributed by atoms with E-state index >= 15 is 0 Å². The maximum atomic E-state index is 13.2. The molecule has 0 aliphatic heterocycles. The topological polar surface area (TPSA) is 410 Å². The van der Waals surface area contributed by atoms with Crippen molar-refractivity contribution in [3.05, 3.63) is 0 Å². The molecule has 0 aromatic heterocycles. The molecular formula is C40H70O25. The van der Waals surface area contributed by atoms with E-state index in [1.807, 2.05) is 0 Å². The Morgan fingerprint density at radius 2 is 0.385 bits per heavy atom. The quantitative estimate of drug-likeness (QED) is 0.0211. The van der Waals surface area contributed by atoms with E-state index in [0.29, 0.717) is 0 Å².